The Balaban J connectivity index is 2.11. The van der Waals surface area contributed by atoms with Gasteiger partial charge in [0, 0.05) is 0 Å². The highest BCUT2D eigenvalue weighted by molar-refractivity contribution is 7.18. The first-order chi connectivity index (χ1) is 13.2. The molecule has 28 heavy (non-hydrogen) atoms. The van der Waals surface area contributed by atoms with Crippen molar-refractivity contribution in [2.75, 3.05) is 18.5 Å². The van der Waals surface area contributed by atoms with Crippen LogP contribution < -0.4 is 5.32 Å². The van der Waals surface area contributed by atoms with Crippen LogP contribution in [0.1, 0.15) is 55.4 Å². The number of carbonyl (C=O) groups excluding carboxylic acids is 4. The van der Waals surface area contributed by atoms with Crippen LogP contribution in [-0.2, 0) is 14.3 Å². The van der Waals surface area contributed by atoms with E-state index in [4.69, 9.17) is 9.47 Å². The van der Waals surface area contributed by atoms with E-state index in [-0.39, 0.29) is 23.0 Å². The number of rotatable bonds is 7. The maximum absolute atomic E-state index is 12.2. The minimum Gasteiger partial charge on any atom is -0.462 e. The van der Waals surface area contributed by atoms with Crippen molar-refractivity contribution < 1.29 is 28.7 Å². The maximum atomic E-state index is 12.2. The zero-order valence-electron chi connectivity index (χ0n) is 16.1. The third kappa shape index (κ3) is 5.04. The molecule has 0 atom stereocenters. The third-order valence-corrected chi connectivity index (χ3v) is 5.13. The van der Waals surface area contributed by atoms with Crippen molar-refractivity contribution in [1.29, 1.82) is 0 Å². The molecule has 0 saturated heterocycles. The summed E-state index contributed by atoms with van der Waals surface area (Å²) in [6.45, 7) is 6.18. The number of esters is 2. The number of ether oxygens (including phenoxy) is 2. The molecule has 0 saturated carbocycles. The maximum Gasteiger partial charge on any atom is 0.341 e. The number of benzene rings is 1. The van der Waals surface area contributed by atoms with Gasteiger partial charge in [-0.05, 0) is 45.4 Å². The summed E-state index contributed by atoms with van der Waals surface area (Å²) < 4.78 is 10.0. The van der Waals surface area contributed by atoms with Gasteiger partial charge in [-0.2, -0.15) is 0 Å². The van der Waals surface area contributed by atoms with E-state index in [0.29, 0.717) is 16.0 Å². The summed E-state index contributed by atoms with van der Waals surface area (Å²) in [6.07, 6.45) is 0. The molecule has 0 aliphatic carbocycles. The van der Waals surface area contributed by atoms with E-state index in [0.717, 1.165) is 16.9 Å². The second kappa shape index (κ2) is 9.27. The Bertz CT molecular complexity index is 914. The van der Waals surface area contributed by atoms with Crippen LogP contribution in [0.25, 0.3) is 0 Å². The van der Waals surface area contributed by atoms with Crippen LogP contribution in [0.5, 0.6) is 0 Å². The second-order valence-electron chi connectivity index (χ2n) is 6.03. The molecule has 1 heterocycles. The fraction of sp³-hybridized carbons (Fsp3) is 0.300. The predicted octanol–water partition coefficient (Wildman–Crippen LogP) is 3.54. The normalized spacial score (nSPS) is 10.3. The molecule has 8 heteroatoms. The zero-order chi connectivity index (χ0) is 20.8. The summed E-state index contributed by atoms with van der Waals surface area (Å²) in [5.74, 6) is -2.11. The molecule has 7 nitrogen and oxygen atoms in total. The molecule has 1 amide bonds. The van der Waals surface area contributed by atoms with Crippen molar-refractivity contribution >= 4 is 40.0 Å². The smallest absolute Gasteiger partial charge is 0.341 e. The van der Waals surface area contributed by atoms with E-state index in [1.807, 2.05) is 6.92 Å². The molecular weight excluding hydrogens is 382 g/mol. The third-order valence-electron chi connectivity index (χ3n) is 3.82. The van der Waals surface area contributed by atoms with Gasteiger partial charge < -0.3 is 14.8 Å². The Morgan fingerprint density at radius 1 is 1.00 bits per heavy atom. The lowest BCUT2D eigenvalue weighted by atomic mass is 10.1. The van der Waals surface area contributed by atoms with Crippen LogP contribution in [0, 0.1) is 13.8 Å². The molecule has 0 radical (unpaired) electrons. The lowest BCUT2D eigenvalue weighted by Gasteiger charge is -2.08. The number of aryl methyl sites for hydroxylation is 1. The van der Waals surface area contributed by atoms with E-state index in [1.54, 1.807) is 38.1 Å². The van der Waals surface area contributed by atoms with Crippen LogP contribution in [0.2, 0.25) is 0 Å². The number of Topliss-reactive ketones (excluding diaryl/α,β-unsaturated/α-hetero) is 1. The SMILES string of the molecule is CCOC(=O)c1c(NC(=O)COC(=O)c2ccc(C)cc2)sc(C(C)=O)c1C. The van der Waals surface area contributed by atoms with E-state index >= 15 is 0 Å². The van der Waals surface area contributed by atoms with Gasteiger partial charge in [0.15, 0.2) is 12.4 Å². The molecule has 1 aromatic carbocycles. The first-order valence-electron chi connectivity index (χ1n) is 8.59. The molecule has 148 valence electrons. The average molecular weight is 403 g/mol. The molecule has 0 unspecified atom stereocenters. The van der Waals surface area contributed by atoms with E-state index in [1.165, 1.54) is 6.92 Å². The molecule has 2 rings (SSSR count). The van der Waals surface area contributed by atoms with Crippen molar-refractivity contribution in [2.45, 2.75) is 27.7 Å². The topological polar surface area (TPSA) is 98.8 Å². The van der Waals surface area contributed by atoms with Gasteiger partial charge in [0.25, 0.3) is 5.91 Å². The van der Waals surface area contributed by atoms with E-state index in [9.17, 15) is 19.2 Å². The van der Waals surface area contributed by atoms with Gasteiger partial charge in [-0.3, -0.25) is 9.59 Å². The van der Waals surface area contributed by atoms with Gasteiger partial charge in [0.05, 0.1) is 22.6 Å². The number of nitrogens with one attached hydrogen (secondary N) is 1. The number of thiophene rings is 1. The molecule has 0 aliphatic heterocycles. The lowest BCUT2D eigenvalue weighted by Crippen LogP contribution is -2.21. The molecule has 0 aliphatic rings. The van der Waals surface area contributed by atoms with Crippen LogP contribution in [0.15, 0.2) is 24.3 Å². The minimum atomic E-state index is -0.632. The summed E-state index contributed by atoms with van der Waals surface area (Å²) in [7, 11) is 0. The van der Waals surface area contributed by atoms with Gasteiger partial charge in [-0.25, -0.2) is 9.59 Å². The molecular formula is C20H21NO6S. The summed E-state index contributed by atoms with van der Waals surface area (Å²) in [5.41, 5.74) is 1.91. The van der Waals surface area contributed by atoms with Crippen molar-refractivity contribution in [3.05, 3.63) is 51.4 Å². The van der Waals surface area contributed by atoms with Crippen LogP contribution in [0.4, 0.5) is 5.00 Å². The van der Waals surface area contributed by atoms with Crippen molar-refractivity contribution in [3.63, 3.8) is 0 Å². The summed E-state index contributed by atoms with van der Waals surface area (Å²) in [6, 6.07) is 6.74. The lowest BCUT2D eigenvalue weighted by molar-refractivity contribution is -0.119. The highest BCUT2D eigenvalue weighted by Crippen LogP contribution is 2.34. The number of ketones is 1. The minimum absolute atomic E-state index is 0.135. The highest BCUT2D eigenvalue weighted by atomic mass is 32.1. The average Bonchev–Trinajstić information content (AvgIpc) is 2.96. The number of hydrogen-bond donors (Lipinski definition) is 1. The zero-order valence-corrected chi connectivity index (χ0v) is 16.9. The molecule has 0 spiro atoms. The Labute approximate surface area is 166 Å². The second-order valence-corrected chi connectivity index (χ2v) is 7.05. The van der Waals surface area contributed by atoms with Gasteiger partial charge in [-0.1, -0.05) is 17.7 Å². The summed E-state index contributed by atoms with van der Waals surface area (Å²) >= 11 is 0.986. The molecule has 0 bridgehead atoms. The molecule has 0 fully saturated rings. The summed E-state index contributed by atoms with van der Waals surface area (Å²) in [4.78, 5) is 48.6. The monoisotopic (exact) mass is 403 g/mol. The van der Waals surface area contributed by atoms with Crippen LogP contribution >= 0.6 is 11.3 Å². The predicted molar refractivity (Wildman–Crippen MR) is 105 cm³/mol. The Hall–Kier alpha value is -3.00. The number of anilines is 1. The Morgan fingerprint density at radius 3 is 2.21 bits per heavy atom. The highest BCUT2D eigenvalue weighted by Gasteiger charge is 2.25. The fourth-order valence-corrected chi connectivity index (χ4v) is 3.56. The standard InChI is InChI=1S/C20H21NO6S/c1-5-26-20(25)16-12(3)17(13(4)22)28-18(16)21-15(23)10-27-19(24)14-8-6-11(2)7-9-14/h6-9H,5,10H2,1-4H3,(H,21,23). The molecule has 1 N–H and O–H groups in total. The molecule has 2 aromatic rings. The van der Waals surface area contributed by atoms with E-state index < -0.39 is 24.5 Å². The van der Waals surface area contributed by atoms with E-state index in [2.05, 4.69) is 5.32 Å². The van der Waals surface area contributed by atoms with Gasteiger partial charge in [0.2, 0.25) is 0 Å². The van der Waals surface area contributed by atoms with Crippen LogP contribution in [0.3, 0.4) is 0 Å². The van der Waals surface area contributed by atoms with Crippen molar-refractivity contribution in [2.24, 2.45) is 0 Å². The first-order valence-corrected chi connectivity index (χ1v) is 9.41. The van der Waals surface area contributed by atoms with Crippen molar-refractivity contribution in [1.82, 2.24) is 0 Å². The first kappa shape index (κ1) is 21.3. The quantitative estimate of drug-likeness (QED) is 0.561. The van der Waals surface area contributed by atoms with Crippen molar-refractivity contribution in [3.8, 4) is 0 Å². The van der Waals surface area contributed by atoms with Gasteiger partial charge >= 0.3 is 11.9 Å². The molecule has 1 aromatic heterocycles. The fourth-order valence-electron chi connectivity index (χ4n) is 2.45. The number of carbonyl (C=O) groups is 4. The Morgan fingerprint density at radius 2 is 1.64 bits per heavy atom. The Kier molecular flexibility index (Phi) is 7.06. The van der Waals surface area contributed by atoms with Gasteiger partial charge in [-0.15, -0.1) is 11.3 Å². The largest absolute Gasteiger partial charge is 0.462 e. The number of amides is 1. The van der Waals surface area contributed by atoms with Crippen LogP contribution in [-0.4, -0.2) is 36.8 Å². The number of hydrogen-bond acceptors (Lipinski definition) is 7. The summed E-state index contributed by atoms with van der Waals surface area (Å²) in [5, 5.41) is 2.72. The van der Waals surface area contributed by atoms with Gasteiger partial charge in [0.1, 0.15) is 5.00 Å².